The molecule has 0 radical (unpaired) electrons. The molecule has 1 fully saturated rings. The van der Waals surface area contributed by atoms with Crippen molar-refractivity contribution in [2.45, 2.75) is 268 Å². The van der Waals surface area contributed by atoms with Gasteiger partial charge in [0.25, 0.3) is 0 Å². The molecule has 0 aromatic carbocycles. The summed E-state index contributed by atoms with van der Waals surface area (Å²) in [6, 6.07) is -0.984. The van der Waals surface area contributed by atoms with Crippen molar-refractivity contribution >= 4 is 5.91 Å². The van der Waals surface area contributed by atoms with E-state index in [2.05, 4.69) is 19.2 Å². The molecule has 0 aliphatic carbocycles. The van der Waals surface area contributed by atoms with Crippen LogP contribution in [0.25, 0.3) is 0 Å². The van der Waals surface area contributed by atoms with Gasteiger partial charge >= 0.3 is 0 Å². The monoisotopic (exact) mass is 788 g/mol. The van der Waals surface area contributed by atoms with E-state index in [1.807, 2.05) is 0 Å². The normalized spacial score (nSPS) is 21.8. The van der Waals surface area contributed by atoms with Gasteiger partial charge in [0, 0.05) is 6.42 Å². The van der Waals surface area contributed by atoms with E-state index < -0.39 is 55.6 Å². The summed E-state index contributed by atoms with van der Waals surface area (Å²) in [4.78, 5) is 13.0. The molecule has 1 aliphatic heterocycles. The van der Waals surface area contributed by atoms with Crippen LogP contribution >= 0.6 is 0 Å². The van der Waals surface area contributed by atoms with Gasteiger partial charge in [0.2, 0.25) is 5.91 Å². The van der Waals surface area contributed by atoms with Gasteiger partial charge in [-0.15, -0.1) is 0 Å². The second kappa shape index (κ2) is 36.2. The Morgan fingerprint density at radius 1 is 0.564 bits per heavy atom. The topological polar surface area (TPSA) is 169 Å². The molecule has 8 atom stereocenters. The highest BCUT2D eigenvalue weighted by Gasteiger charge is 2.44. The smallest absolute Gasteiger partial charge is 0.220 e. The maximum atomic E-state index is 13.0. The van der Waals surface area contributed by atoms with Crippen LogP contribution in [0.15, 0.2) is 0 Å². The Kier molecular flexibility index (Phi) is 34.4. The minimum absolute atomic E-state index is 0.254. The number of hydrogen-bond acceptors (Lipinski definition) is 9. The van der Waals surface area contributed by atoms with Gasteiger partial charge in [0.05, 0.1) is 25.4 Å². The SMILES string of the molecule is CCCCCCCCCCCCCCCCCCCCC(=O)N[C@@H](CO[C@@H]1O[C@H](CO)[C@H](O)C(O)C1O)[C@H](O)[C@H](O)CCCCCCCCCCCCCC. The number of unbranched alkanes of at least 4 members (excludes halogenated alkanes) is 28. The number of aliphatic hydroxyl groups excluding tert-OH is 6. The second-order valence-corrected chi connectivity index (χ2v) is 16.7. The number of ether oxygens (including phenoxy) is 2. The van der Waals surface area contributed by atoms with Gasteiger partial charge in [-0.05, 0) is 12.8 Å². The quantitative estimate of drug-likeness (QED) is 0.0302. The third-order valence-corrected chi connectivity index (χ3v) is 11.6. The molecule has 0 saturated carbocycles. The summed E-state index contributed by atoms with van der Waals surface area (Å²) in [5.74, 6) is -0.254. The van der Waals surface area contributed by atoms with Crippen molar-refractivity contribution in [2.75, 3.05) is 13.2 Å². The van der Waals surface area contributed by atoms with Crippen LogP contribution in [0.4, 0.5) is 0 Å². The minimum atomic E-state index is -1.60. The summed E-state index contributed by atoms with van der Waals surface area (Å²) in [5, 5.41) is 65.1. The van der Waals surface area contributed by atoms with Gasteiger partial charge < -0.3 is 45.4 Å². The molecule has 10 heteroatoms. The molecule has 0 spiro atoms. The maximum Gasteiger partial charge on any atom is 0.220 e. The van der Waals surface area contributed by atoms with Crippen LogP contribution in [0.2, 0.25) is 0 Å². The average Bonchev–Trinajstić information content (AvgIpc) is 3.18. The van der Waals surface area contributed by atoms with Gasteiger partial charge in [-0.1, -0.05) is 200 Å². The van der Waals surface area contributed by atoms with Crippen molar-refractivity contribution in [3.05, 3.63) is 0 Å². The van der Waals surface area contributed by atoms with Crippen LogP contribution in [0.5, 0.6) is 0 Å². The van der Waals surface area contributed by atoms with Gasteiger partial charge in [0.1, 0.15) is 30.5 Å². The zero-order valence-corrected chi connectivity index (χ0v) is 35.6. The van der Waals surface area contributed by atoms with Crippen LogP contribution in [-0.2, 0) is 14.3 Å². The fraction of sp³-hybridized carbons (Fsp3) is 0.978. The van der Waals surface area contributed by atoms with Crippen molar-refractivity contribution < 1.29 is 44.9 Å². The fourth-order valence-corrected chi connectivity index (χ4v) is 7.73. The largest absolute Gasteiger partial charge is 0.394 e. The number of hydrogen-bond donors (Lipinski definition) is 7. The summed E-state index contributed by atoms with van der Waals surface area (Å²) in [7, 11) is 0. The molecule has 7 N–H and O–H groups in total. The third kappa shape index (κ3) is 26.7. The van der Waals surface area contributed by atoms with Crippen LogP contribution < -0.4 is 5.32 Å². The molecule has 1 saturated heterocycles. The Morgan fingerprint density at radius 2 is 0.945 bits per heavy atom. The molecule has 0 bridgehead atoms. The van der Waals surface area contributed by atoms with Crippen molar-refractivity contribution in [2.24, 2.45) is 0 Å². The molecule has 1 aliphatic rings. The molecule has 1 amide bonds. The summed E-state index contributed by atoms with van der Waals surface area (Å²) in [6.07, 6.45) is 28.2. The second-order valence-electron chi connectivity index (χ2n) is 16.7. The number of carbonyl (C=O) groups is 1. The van der Waals surface area contributed by atoms with Gasteiger partial charge in [-0.3, -0.25) is 4.79 Å². The third-order valence-electron chi connectivity index (χ3n) is 11.6. The lowest BCUT2D eigenvalue weighted by Crippen LogP contribution is -2.60. The lowest BCUT2D eigenvalue weighted by molar-refractivity contribution is -0.303. The predicted octanol–water partition coefficient (Wildman–Crippen LogP) is 8.53. The standard InChI is InChI=1S/C45H89NO9/c1-3-5-7-9-11-13-15-17-18-19-20-21-22-24-26-28-30-32-34-40(49)46-37(36-54-45-44(53)43(52)42(51)39(35-47)55-45)41(50)38(48)33-31-29-27-25-23-16-14-12-10-8-6-4-2/h37-39,41-45,47-48,50-53H,3-36H2,1-2H3,(H,46,49)/t37-,38+,39+,41-,42-,43?,44?,45+/m0/s1. The van der Waals surface area contributed by atoms with Gasteiger partial charge in [-0.2, -0.15) is 0 Å². The van der Waals surface area contributed by atoms with E-state index in [0.717, 1.165) is 38.5 Å². The maximum absolute atomic E-state index is 13.0. The fourth-order valence-electron chi connectivity index (χ4n) is 7.73. The Labute approximate surface area is 336 Å². The lowest BCUT2D eigenvalue weighted by atomic mass is 9.98. The summed E-state index contributed by atoms with van der Waals surface area (Å²) in [5.41, 5.74) is 0. The Balaban J connectivity index is 2.36. The molecule has 0 aromatic heterocycles. The van der Waals surface area contributed by atoms with Crippen LogP contribution in [0, 0.1) is 0 Å². The molecule has 10 nitrogen and oxygen atoms in total. The van der Waals surface area contributed by atoms with Crippen LogP contribution in [0.1, 0.15) is 219 Å². The summed E-state index contributed by atoms with van der Waals surface area (Å²) >= 11 is 0. The molecule has 1 heterocycles. The molecule has 0 aromatic rings. The molecule has 55 heavy (non-hydrogen) atoms. The Hall–Kier alpha value is -0.850. The number of carbonyl (C=O) groups excluding carboxylic acids is 1. The van der Waals surface area contributed by atoms with E-state index >= 15 is 0 Å². The Morgan fingerprint density at radius 3 is 1.35 bits per heavy atom. The van der Waals surface area contributed by atoms with E-state index in [1.165, 1.54) is 154 Å². The van der Waals surface area contributed by atoms with E-state index in [-0.39, 0.29) is 18.9 Å². The van der Waals surface area contributed by atoms with E-state index in [9.17, 15) is 35.4 Å². The lowest BCUT2D eigenvalue weighted by Gasteiger charge is -2.40. The van der Waals surface area contributed by atoms with Crippen molar-refractivity contribution in [3.8, 4) is 0 Å². The molecule has 328 valence electrons. The highest BCUT2D eigenvalue weighted by atomic mass is 16.7. The van der Waals surface area contributed by atoms with E-state index in [1.54, 1.807) is 0 Å². The number of rotatable bonds is 39. The predicted molar refractivity (Wildman–Crippen MR) is 223 cm³/mol. The Bertz CT molecular complexity index is 849. The van der Waals surface area contributed by atoms with Crippen molar-refractivity contribution in [3.63, 3.8) is 0 Å². The highest BCUT2D eigenvalue weighted by molar-refractivity contribution is 5.76. The first-order valence-electron chi connectivity index (χ1n) is 23.3. The molecule has 2 unspecified atom stereocenters. The number of aliphatic hydroxyl groups is 6. The average molecular weight is 788 g/mol. The van der Waals surface area contributed by atoms with Crippen molar-refractivity contribution in [1.82, 2.24) is 5.32 Å². The highest BCUT2D eigenvalue weighted by Crippen LogP contribution is 2.23. The first kappa shape index (κ1) is 52.2. The van der Waals surface area contributed by atoms with Crippen LogP contribution in [0.3, 0.4) is 0 Å². The minimum Gasteiger partial charge on any atom is -0.394 e. The zero-order valence-electron chi connectivity index (χ0n) is 35.6. The van der Waals surface area contributed by atoms with Crippen LogP contribution in [-0.4, -0.2) is 98.7 Å². The summed E-state index contributed by atoms with van der Waals surface area (Å²) < 4.78 is 11.2. The van der Waals surface area contributed by atoms with E-state index in [4.69, 9.17) is 9.47 Å². The molecular weight excluding hydrogens is 698 g/mol. The van der Waals surface area contributed by atoms with Gasteiger partial charge in [-0.25, -0.2) is 0 Å². The van der Waals surface area contributed by atoms with Crippen molar-refractivity contribution in [1.29, 1.82) is 0 Å². The molecular formula is C45H89NO9. The summed E-state index contributed by atoms with van der Waals surface area (Å²) in [6.45, 7) is 3.61. The first-order chi connectivity index (χ1) is 26.8. The zero-order chi connectivity index (χ0) is 40.4. The number of amides is 1. The van der Waals surface area contributed by atoms with E-state index in [0.29, 0.717) is 6.42 Å². The number of nitrogens with one attached hydrogen (secondary N) is 1. The van der Waals surface area contributed by atoms with Gasteiger partial charge in [0.15, 0.2) is 6.29 Å². The molecule has 1 rings (SSSR count). The first-order valence-corrected chi connectivity index (χ1v) is 23.3.